The van der Waals surface area contributed by atoms with Gasteiger partial charge in [-0.3, -0.25) is 9.89 Å². The highest BCUT2D eigenvalue weighted by Crippen LogP contribution is 2.44. The first kappa shape index (κ1) is 31.1. The first-order valence-electron chi connectivity index (χ1n) is 12.7. The lowest BCUT2D eigenvalue weighted by Gasteiger charge is -2.45. The quantitative estimate of drug-likeness (QED) is 0.328. The number of halogens is 2. The van der Waals surface area contributed by atoms with Gasteiger partial charge in [-0.2, -0.15) is 0 Å². The van der Waals surface area contributed by atoms with Crippen molar-refractivity contribution < 1.29 is 37.3 Å². The van der Waals surface area contributed by atoms with E-state index in [1.165, 1.54) is 24.1 Å². The van der Waals surface area contributed by atoms with Gasteiger partial charge in [0.05, 0.1) is 20.3 Å². The highest BCUT2D eigenvalue weighted by molar-refractivity contribution is 8.14. The van der Waals surface area contributed by atoms with Crippen LogP contribution in [0.15, 0.2) is 54.6 Å². The number of hydrogen-bond acceptors (Lipinski definition) is 8. The van der Waals surface area contributed by atoms with Gasteiger partial charge in [-0.05, 0) is 44.9 Å². The molecular weight excluding hydrogens is 530 g/mol. The third-order valence-corrected chi connectivity index (χ3v) is 7.30. The number of amidine groups is 1. The summed E-state index contributed by atoms with van der Waals surface area (Å²) in [5.74, 6) is -2.62. The molecule has 0 aromatic heterocycles. The van der Waals surface area contributed by atoms with E-state index in [9.17, 15) is 4.79 Å². The Hall–Kier alpha value is -2.47. The van der Waals surface area contributed by atoms with Crippen LogP contribution in [0.2, 0.25) is 0 Å². The van der Waals surface area contributed by atoms with Gasteiger partial charge in [0.1, 0.15) is 35.0 Å². The number of methoxy groups -OCH3 is 1. The molecule has 2 aliphatic heterocycles. The molecule has 11 heteroatoms. The predicted octanol–water partition coefficient (Wildman–Crippen LogP) is 5.47. The first-order valence-corrected chi connectivity index (χ1v) is 13.6. The van der Waals surface area contributed by atoms with Gasteiger partial charge in [-0.25, -0.2) is 13.6 Å². The summed E-state index contributed by atoms with van der Waals surface area (Å²) >= 11 is 1.08. The Labute approximate surface area is 233 Å². The fraction of sp³-hybridized carbons (Fsp3) is 0.571. The number of rotatable bonds is 11. The Morgan fingerprint density at radius 2 is 1.74 bits per heavy atom. The van der Waals surface area contributed by atoms with Crippen LogP contribution in [0, 0.1) is 0 Å². The summed E-state index contributed by atoms with van der Waals surface area (Å²) in [7, 11) is 3.07. The van der Waals surface area contributed by atoms with Crippen LogP contribution in [0.25, 0.3) is 0 Å². The summed E-state index contributed by atoms with van der Waals surface area (Å²) in [5, 5.41) is 0.288. The number of thioether (sulfide) groups is 1. The second-order valence-corrected chi connectivity index (χ2v) is 11.3. The van der Waals surface area contributed by atoms with Crippen molar-refractivity contribution in [2.45, 2.75) is 74.9 Å². The molecule has 8 nitrogen and oxygen atoms in total. The zero-order valence-electron chi connectivity index (χ0n) is 23.1. The third-order valence-electron chi connectivity index (χ3n) is 6.09. The van der Waals surface area contributed by atoms with Crippen molar-refractivity contribution in [2.75, 3.05) is 27.4 Å². The Bertz CT molecular complexity index is 1030. The summed E-state index contributed by atoms with van der Waals surface area (Å²) in [6, 6.07) is 6.29. The number of carbonyl (C=O) groups excluding carboxylic acids is 1. The molecule has 3 rings (SSSR count). The van der Waals surface area contributed by atoms with E-state index in [0.29, 0.717) is 5.75 Å². The molecule has 0 radical (unpaired) electrons. The number of ether oxygens (including phenoxy) is 5. The van der Waals surface area contributed by atoms with Crippen LogP contribution in [0.5, 0.6) is 5.75 Å². The van der Waals surface area contributed by atoms with Gasteiger partial charge in [0.2, 0.25) is 0 Å². The number of benzene rings is 1. The maximum atomic E-state index is 15.9. The fourth-order valence-electron chi connectivity index (χ4n) is 4.21. The average Bonchev–Trinajstić information content (AvgIpc) is 3.32. The average molecular weight is 569 g/mol. The van der Waals surface area contributed by atoms with E-state index in [-0.39, 0.29) is 24.8 Å². The molecule has 0 unspecified atom stereocenters. The Kier molecular flexibility index (Phi) is 10.6. The van der Waals surface area contributed by atoms with E-state index >= 15 is 8.78 Å². The molecule has 2 heterocycles. The highest BCUT2D eigenvalue weighted by Gasteiger charge is 2.58. The van der Waals surface area contributed by atoms with Gasteiger partial charge in [-0.15, -0.1) is 13.2 Å². The van der Waals surface area contributed by atoms with Crippen molar-refractivity contribution in [1.82, 2.24) is 4.90 Å². The number of aliphatic imine (C=N–C) groups is 1. The molecule has 0 spiro atoms. The maximum absolute atomic E-state index is 15.9. The normalized spacial score (nSPS) is 24.9. The van der Waals surface area contributed by atoms with E-state index in [4.69, 9.17) is 23.7 Å². The van der Waals surface area contributed by atoms with E-state index in [1.54, 1.807) is 52.1 Å². The van der Waals surface area contributed by atoms with E-state index in [1.807, 2.05) is 0 Å². The zero-order valence-corrected chi connectivity index (χ0v) is 23.9. The highest BCUT2D eigenvalue weighted by atomic mass is 32.2. The van der Waals surface area contributed by atoms with Gasteiger partial charge >= 0.3 is 6.09 Å². The minimum Gasteiger partial charge on any atom is -0.497 e. The molecular formula is C28H38F2N2O6S. The molecule has 1 aromatic rings. The van der Waals surface area contributed by atoms with Gasteiger partial charge in [0.25, 0.3) is 5.92 Å². The van der Waals surface area contributed by atoms with Crippen LogP contribution >= 0.6 is 11.8 Å². The van der Waals surface area contributed by atoms with Gasteiger partial charge in [0, 0.05) is 13.5 Å². The molecule has 1 aromatic carbocycles. The van der Waals surface area contributed by atoms with Crippen molar-refractivity contribution in [3.63, 3.8) is 0 Å². The van der Waals surface area contributed by atoms with Crippen LogP contribution in [0.3, 0.4) is 0 Å². The lowest BCUT2D eigenvalue weighted by Crippen LogP contribution is -2.62. The second kappa shape index (κ2) is 13.3. The molecule has 0 N–H and O–H groups in total. The van der Waals surface area contributed by atoms with Crippen LogP contribution < -0.4 is 4.74 Å². The summed E-state index contributed by atoms with van der Waals surface area (Å²) in [4.78, 5) is 18.5. The van der Waals surface area contributed by atoms with Gasteiger partial charge in [0.15, 0.2) is 11.3 Å². The SMILES string of the molecule is C=CCO[C@@H]1[C@H]2N=C(N(C)C(=O)OC(C)(C)C)S[C@H]2O[C@H](C(F)(F)CCc2ccc(OC)cc2)[C@H]1OCC=C. The lowest BCUT2D eigenvalue weighted by atomic mass is 9.91. The molecule has 2 aliphatic rings. The van der Waals surface area contributed by atoms with Crippen molar-refractivity contribution in [1.29, 1.82) is 0 Å². The van der Waals surface area contributed by atoms with Crippen LogP contribution in [-0.2, 0) is 25.4 Å². The largest absolute Gasteiger partial charge is 0.497 e. The van der Waals surface area contributed by atoms with E-state index in [2.05, 4.69) is 18.2 Å². The van der Waals surface area contributed by atoms with Crippen molar-refractivity contribution >= 4 is 23.0 Å². The molecule has 39 heavy (non-hydrogen) atoms. The molecule has 0 saturated carbocycles. The van der Waals surface area contributed by atoms with Crippen LogP contribution in [0.4, 0.5) is 13.6 Å². The number of amides is 1. The van der Waals surface area contributed by atoms with E-state index in [0.717, 1.165) is 17.3 Å². The van der Waals surface area contributed by atoms with Gasteiger partial charge < -0.3 is 23.7 Å². The van der Waals surface area contributed by atoms with Crippen molar-refractivity contribution in [3.05, 3.63) is 55.1 Å². The Morgan fingerprint density at radius 3 is 2.31 bits per heavy atom. The smallest absolute Gasteiger partial charge is 0.416 e. The third kappa shape index (κ3) is 8.03. The summed E-state index contributed by atoms with van der Waals surface area (Å²) < 4.78 is 60.2. The number of hydrogen-bond donors (Lipinski definition) is 0. The van der Waals surface area contributed by atoms with Crippen molar-refractivity contribution in [3.8, 4) is 5.75 Å². The molecule has 0 bridgehead atoms. The summed E-state index contributed by atoms with van der Waals surface area (Å²) in [6.07, 6.45) is -1.60. The number of nitrogens with zero attached hydrogens (tertiary/aromatic N) is 2. The fourth-order valence-corrected chi connectivity index (χ4v) is 5.36. The minimum absolute atomic E-state index is 0.0198. The number of carbonyl (C=O) groups is 1. The zero-order chi connectivity index (χ0) is 28.8. The number of aryl methyl sites for hydroxylation is 1. The summed E-state index contributed by atoms with van der Waals surface area (Å²) in [5.41, 5.74) is -0.790. The molecule has 0 aliphatic carbocycles. The monoisotopic (exact) mass is 568 g/mol. The molecule has 1 saturated heterocycles. The Morgan fingerprint density at radius 1 is 1.13 bits per heavy atom. The standard InChI is InChI=1S/C28H38F2N2O6S/c1-8-16-35-21-20-24(39-25(31-20)32(6)26(33)38-27(3,4)5)37-23(22(21)36-17-9-2)28(29,30)15-14-18-10-12-19(34-7)13-11-18/h8-13,20-24H,1-2,14-17H2,3-7H3/t20-,21-,22+,23+,24-/m1/s1. The Balaban J connectivity index is 1.85. The van der Waals surface area contributed by atoms with Crippen molar-refractivity contribution in [2.24, 2.45) is 4.99 Å². The molecule has 5 atom stereocenters. The second-order valence-electron chi connectivity index (χ2n) is 10.3. The van der Waals surface area contributed by atoms with Crippen LogP contribution in [0.1, 0.15) is 32.8 Å². The van der Waals surface area contributed by atoms with Gasteiger partial charge in [-0.1, -0.05) is 36.0 Å². The number of alkyl halides is 2. The van der Waals surface area contributed by atoms with Crippen LogP contribution in [-0.4, -0.2) is 84.8 Å². The minimum atomic E-state index is -3.27. The maximum Gasteiger partial charge on any atom is 0.416 e. The summed E-state index contributed by atoms with van der Waals surface area (Å²) in [6.45, 7) is 12.7. The van der Waals surface area contributed by atoms with E-state index < -0.39 is 53.8 Å². The first-order chi connectivity index (χ1) is 18.4. The molecule has 1 amide bonds. The molecule has 216 valence electrons. The lowest BCUT2D eigenvalue weighted by molar-refractivity contribution is -0.250. The topological polar surface area (TPSA) is 78.8 Å². The number of fused-ring (bicyclic) bond motifs is 1. The predicted molar refractivity (Wildman–Crippen MR) is 148 cm³/mol. The molecule has 1 fully saturated rings.